The molecule has 1 aliphatic carbocycles. The monoisotopic (exact) mass is 458 g/mol. The van der Waals surface area contributed by atoms with Gasteiger partial charge in [-0.05, 0) is 111 Å². The molecule has 182 valence electrons. The first kappa shape index (κ1) is 25.3. The molecule has 0 atom stereocenters. The van der Waals surface area contributed by atoms with Crippen LogP contribution in [0.2, 0.25) is 0 Å². The summed E-state index contributed by atoms with van der Waals surface area (Å²) in [6.07, 6.45) is 2.46. The molecule has 3 heteroatoms. The van der Waals surface area contributed by atoms with Crippen LogP contribution >= 0.6 is 0 Å². The molecule has 2 aromatic carbocycles. The first-order chi connectivity index (χ1) is 15.6. The molecule has 1 saturated heterocycles. The summed E-state index contributed by atoms with van der Waals surface area (Å²) in [6.45, 7) is 24.7. The zero-order chi connectivity index (χ0) is 25.3. The lowest BCUT2D eigenvalue weighted by molar-refractivity contribution is 0.00578. The van der Waals surface area contributed by atoms with Crippen LogP contribution < -0.4 is 5.46 Å². The molecule has 0 aromatic heterocycles. The molecule has 2 aliphatic rings. The van der Waals surface area contributed by atoms with Crippen molar-refractivity contribution in [3.05, 3.63) is 69.8 Å². The lowest BCUT2D eigenvalue weighted by Crippen LogP contribution is -2.41. The molecular weight excluding hydrogens is 415 g/mol. The summed E-state index contributed by atoms with van der Waals surface area (Å²) in [5.74, 6) is 0. The number of rotatable bonds is 3. The third-order valence-electron chi connectivity index (χ3n) is 8.69. The third kappa shape index (κ3) is 4.20. The van der Waals surface area contributed by atoms with Crippen molar-refractivity contribution in [2.75, 3.05) is 0 Å². The van der Waals surface area contributed by atoms with Gasteiger partial charge in [0.25, 0.3) is 0 Å². The molecule has 2 nitrogen and oxygen atoms in total. The first-order valence-electron chi connectivity index (χ1n) is 12.9. The summed E-state index contributed by atoms with van der Waals surface area (Å²) in [4.78, 5) is 0. The van der Waals surface area contributed by atoms with Gasteiger partial charge in [-0.25, -0.2) is 0 Å². The smallest absolute Gasteiger partial charge is 0.399 e. The normalized spacial score (nSPS) is 21.8. The number of hydrogen-bond acceptors (Lipinski definition) is 2. The van der Waals surface area contributed by atoms with Gasteiger partial charge in [-0.3, -0.25) is 0 Å². The highest BCUT2D eigenvalue weighted by Gasteiger charge is 2.51. The summed E-state index contributed by atoms with van der Waals surface area (Å²) in [5.41, 5.74) is 10.5. The van der Waals surface area contributed by atoms with E-state index in [4.69, 9.17) is 9.31 Å². The van der Waals surface area contributed by atoms with Gasteiger partial charge in [-0.2, -0.15) is 0 Å². The van der Waals surface area contributed by atoms with Gasteiger partial charge in [0, 0.05) is 0 Å². The molecule has 0 bridgehead atoms. The average molecular weight is 458 g/mol. The number of allylic oxidation sites excluding steroid dienone is 1. The summed E-state index contributed by atoms with van der Waals surface area (Å²) in [6, 6.07) is 13.8. The Kier molecular flexibility index (Phi) is 6.02. The van der Waals surface area contributed by atoms with Crippen LogP contribution in [-0.2, 0) is 20.1 Å². The zero-order valence-electron chi connectivity index (χ0n) is 23.3. The number of aryl methyl sites for hydroxylation is 1. The van der Waals surface area contributed by atoms with E-state index in [2.05, 4.69) is 113 Å². The minimum absolute atomic E-state index is 0.195. The summed E-state index contributed by atoms with van der Waals surface area (Å²) in [5, 5.41) is 0. The number of fused-ring (bicyclic) bond motifs is 1. The lowest BCUT2D eigenvalue weighted by Gasteiger charge is -2.42. The Morgan fingerprint density at radius 2 is 1.21 bits per heavy atom. The molecule has 1 aliphatic heterocycles. The van der Waals surface area contributed by atoms with Crippen LogP contribution in [-0.4, -0.2) is 18.3 Å². The van der Waals surface area contributed by atoms with E-state index in [0.29, 0.717) is 0 Å². The van der Waals surface area contributed by atoms with Crippen molar-refractivity contribution in [1.82, 2.24) is 0 Å². The highest BCUT2D eigenvalue weighted by Crippen LogP contribution is 2.47. The van der Waals surface area contributed by atoms with Crippen LogP contribution in [0.5, 0.6) is 0 Å². The second-order valence-electron chi connectivity index (χ2n) is 13.1. The second-order valence-corrected chi connectivity index (χ2v) is 13.1. The average Bonchev–Trinajstić information content (AvgIpc) is 2.94. The maximum absolute atomic E-state index is 6.27. The molecule has 1 heterocycles. The molecular formula is C31H43BO2. The molecule has 34 heavy (non-hydrogen) atoms. The molecule has 0 N–H and O–H groups in total. The van der Waals surface area contributed by atoms with E-state index in [9.17, 15) is 0 Å². The zero-order valence-corrected chi connectivity index (χ0v) is 23.3. The van der Waals surface area contributed by atoms with Gasteiger partial charge >= 0.3 is 7.12 Å². The maximum atomic E-state index is 6.27. The van der Waals surface area contributed by atoms with Gasteiger partial charge < -0.3 is 9.31 Å². The Hall–Kier alpha value is -1.84. The van der Waals surface area contributed by atoms with Crippen molar-refractivity contribution in [3.8, 4) is 0 Å². The quantitative estimate of drug-likeness (QED) is 0.444. The molecule has 0 amide bonds. The Morgan fingerprint density at radius 1 is 0.735 bits per heavy atom. The largest absolute Gasteiger partial charge is 0.494 e. The summed E-state index contributed by atoms with van der Waals surface area (Å²) in [7, 11) is -0.331. The standard InChI is InChI=1S/C31H43BO2/c1-20(2)27(22-12-14-23(15-13-22)32-33-30(8,9)31(10,11)34-32)24-19-26-25(18-21(24)3)28(4,5)16-17-29(26,6)7/h12-15,18-19H,16-17H2,1-11H3. The van der Waals surface area contributed by atoms with Crippen molar-refractivity contribution in [2.45, 2.75) is 111 Å². The van der Waals surface area contributed by atoms with Crippen LogP contribution in [0.1, 0.15) is 110 Å². The Labute approximate surface area is 208 Å². The van der Waals surface area contributed by atoms with E-state index >= 15 is 0 Å². The minimum Gasteiger partial charge on any atom is -0.399 e. The highest BCUT2D eigenvalue weighted by molar-refractivity contribution is 6.62. The molecule has 0 radical (unpaired) electrons. The Morgan fingerprint density at radius 3 is 1.68 bits per heavy atom. The van der Waals surface area contributed by atoms with Crippen molar-refractivity contribution in [3.63, 3.8) is 0 Å². The summed E-state index contributed by atoms with van der Waals surface area (Å²) < 4.78 is 12.5. The Balaban J connectivity index is 1.74. The fourth-order valence-corrected chi connectivity index (χ4v) is 5.49. The van der Waals surface area contributed by atoms with Crippen LogP contribution in [0.4, 0.5) is 0 Å². The van der Waals surface area contributed by atoms with Crippen LogP contribution in [0.15, 0.2) is 42.0 Å². The van der Waals surface area contributed by atoms with Crippen LogP contribution in [0.3, 0.4) is 0 Å². The summed E-state index contributed by atoms with van der Waals surface area (Å²) >= 11 is 0. The number of hydrogen-bond donors (Lipinski definition) is 0. The lowest BCUT2D eigenvalue weighted by atomic mass is 9.62. The van der Waals surface area contributed by atoms with E-state index in [0.717, 1.165) is 5.46 Å². The molecule has 1 fully saturated rings. The Bertz CT molecular complexity index is 1110. The van der Waals surface area contributed by atoms with E-state index in [-0.39, 0.29) is 29.2 Å². The first-order valence-corrected chi connectivity index (χ1v) is 12.9. The van der Waals surface area contributed by atoms with E-state index in [1.54, 1.807) is 0 Å². The molecule has 0 spiro atoms. The maximum Gasteiger partial charge on any atom is 0.494 e. The van der Waals surface area contributed by atoms with Gasteiger partial charge in [-0.1, -0.05) is 69.7 Å². The molecule has 4 rings (SSSR count). The third-order valence-corrected chi connectivity index (χ3v) is 8.69. The van der Waals surface area contributed by atoms with Crippen LogP contribution in [0.25, 0.3) is 5.57 Å². The van der Waals surface area contributed by atoms with Gasteiger partial charge in [0.1, 0.15) is 0 Å². The van der Waals surface area contributed by atoms with E-state index < -0.39 is 0 Å². The fraction of sp³-hybridized carbons (Fsp3) is 0.548. The van der Waals surface area contributed by atoms with Gasteiger partial charge in [0.15, 0.2) is 0 Å². The van der Waals surface area contributed by atoms with E-state index in [1.165, 1.54) is 51.8 Å². The molecule has 2 aromatic rings. The highest BCUT2D eigenvalue weighted by atomic mass is 16.7. The van der Waals surface area contributed by atoms with Crippen LogP contribution in [0, 0.1) is 6.92 Å². The van der Waals surface area contributed by atoms with Gasteiger partial charge in [-0.15, -0.1) is 0 Å². The van der Waals surface area contributed by atoms with E-state index in [1.807, 2.05) is 0 Å². The second kappa shape index (κ2) is 8.10. The predicted molar refractivity (Wildman–Crippen MR) is 146 cm³/mol. The SMILES string of the molecule is CC(C)=C(c1ccc(B2OC(C)(C)C(C)(C)O2)cc1)c1cc2c(cc1C)C(C)(C)CCC2(C)C. The van der Waals surface area contributed by atoms with Crippen molar-refractivity contribution in [2.24, 2.45) is 0 Å². The predicted octanol–water partition coefficient (Wildman–Crippen LogP) is 7.48. The van der Waals surface area contributed by atoms with Crippen molar-refractivity contribution < 1.29 is 9.31 Å². The van der Waals surface area contributed by atoms with Gasteiger partial charge in [0.05, 0.1) is 11.2 Å². The minimum atomic E-state index is -0.331. The fourth-order valence-electron chi connectivity index (χ4n) is 5.49. The molecule has 0 saturated carbocycles. The topological polar surface area (TPSA) is 18.5 Å². The van der Waals surface area contributed by atoms with Gasteiger partial charge in [0.2, 0.25) is 0 Å². The molecule has 0 unspecified atom stereocenters. The number of benzene rings is 2. The van der Waals surface area contributed by atoms with Crippen molar-refractivity contribution >= 4 is 18.2 Å². The van der Waals surface area contributed by atoms with Crippen molar-refractivity contribution in [1.29, 1.82) is 0 Å².